The number of benzene rings is 1. The van der Waals surface area contributed by atoms with E-state index in [4.69, 9.17) is 23.2 Å². The van der Waals surface area contributed by atoms with Crippen LogP contribution in [0.4, 0.5) is 8.78 Å². The summed E-state index contributed by atoms with van der Waals surface area (Å²) in [7, 11) is 0. The third-order valence-electron chi connectivity index (χ3n) is 5.59. The highest BCUT2D eigenvalue weighted by atomic mass is 35.5. The minimum atomic E-state index is -1.50. The van der Waals surface area contributed by atoms with Gasteiger partial charge in [0.2, 0.25) is 0 Å². The van der Waals surface area contributed by atoms with Crippen molar-refractivity contribution in [2.45, 2.75) is 43.5 Å². The van der Waals surface area contributed by atoms with Crippen LogP contribution >= 0.6 is 23.2 Å². The van der Waals surface area contributed by atoms with Gasteiger partial charge in [-0.05, 0) is 49.4 Å². The molecule has 2 N–H and O–H groups in total. The minimum Gasteiger partial charge on any atom is -0.387 e. The van der Waals surface area contributed by atoms with Gasteiger partial charge in [-0.2, -0.15) is 0 Å². The molecule has 1 amide bonds. The Hall–Kier alpha value is -2.22. The lowest BCUT2D eigenvalue weighted by atomic mass is 9.76. The van der Waals surface area contributed by atoms with Crippen LogP contribution < -0.4 is 5.32 Å². The van der Waals surface area contributed by atoms with Crippen molar-refractivity contribution in [3.63, 3.8) is 0 Å². The summed E-state index contributed by atoms with van der Waals surface area (Å²) in [5.41, 5.74) is -0.727. The van der Waals surface area contributed by atoms with Crippen LogP contribution in [0.1, 0.15) is 47.8 Å². The highest BCUT2D eigenvalue weighted by Crippen LogP contribution is 2.42. The number of carbonyl (C=O) groups excluding carboxylic acids is 1. The van der Waals surface area contributed by atoms with E-state index in [1.807, 2.05) is 0 Å². The fraction of sp³-hybridized carbons (Fsp3) is 0.333. The highest BCUT2D eigenvalue weighted by molar-refractivity contribution is 6.33. The molecule has 0 saturated heterocycles. The predicted molar refractivity (Wildman–Crippen MR) is 110 cm³/mol. The molecule has 0 radical (unpaired) electrons. The highest BCUT2D eigenvalue weighted by Gasteiger charge is 2.43. The molecule has 1 fully saturated rings. The Kier molecular flexibility index (Phi) is 5.70. The summed E-state index contributed by atoms with van der Waals surface area (Å²) in [6.45, 7) is 0. The molecule has 30 heavy (non-hydrogen) atoms. The smallest absolute Gasteiger partial charge is 0.272 e. The molecule has 1 atom stereocenters. The van der Waals surface area contributed by atoms with Crippen molar-refractivity contribution in [3.8, 4) is 0 Å². The molecule has 1 aliphatic carbocycles. The molecule has 2 heterocycles. The Labute approximate surface area is 181 Å². The second kappa shape index (κ2) is 8.13. The van der Waals surface area contributed by atoms with Crippen molar-refractivity contribution in [3.05, 3.63) is 69.8 Å². The normalized spacial score (nSPS) is 22.8. The Morgan fingerprint density at radius 2 is 1.97 bits per heavy atom. The molecule has 0 spiro atoms. The first kappa shape index (κ1) is 21.0. The molecule has 4 rings (SSSR count). The number of aliphatic hydroxyl groups is 1. The maximum Gasteiger partial charge on any atom is 0.272 e. The zero-order valence-corrected chi connectivity index (χ0v) is 17.3. The zero-order chi connectivity index (χ0) is 21.5. The summed E-state index contributed by atoms with van der Waals surface area (Å²) < 4.78 is 29.4. The minimum absolute atomic E-state index is 0.0118. The molecular formula is C21H19Cl2F2N3O2. The molecule has 5 nitrogen and oxygen atoms in total. The summed E-state index contributed by atoms with van der Waals surface area (Å²) >= 11 is 12.4. The lowest BCUT2D eigenvalue weighted by Gasteiger charge is -2.41. The van der Waals surface area contributed by atoms with Gasteiger partial charge >= 0.3 is 0 Å². The first-order valence-electron chi connectivity index (χ1n) is 9.54. The van der Waals surface area contributed by atoms with Crippen LogP contribution in [0.15, 0.2) is 42.6 Å². The Morgan fingerprint density at radius 1 is 1.23 bits per heavy atom. The van der Waals surface area contributed by atoms with E-state index in [0.717, 1.165) is 0 Å². The van der Waals surface area contributed by atoms with E-state index in [2.05, 4.69) is 10.3 Å². The zero-order valence-electron chi connectivity index (χ0n) is 15.8. The fourth-order valence-electron chi connectivity index (χ4n) is 3.99. The van der Waals surface area contributed by atoms with Crippen LogP contribution in [0.2, 0.25) is 10.2 Å². The monoisotopic (exact) mass is 453 g/mol. The molecule has 1 unspecified atom stereocenters. The molecule has 1 saturated carbocycles. The summed E-state index contributed by atoms with van der Waals surface area (Å²) in [4.78, 5) is 17.3. The van der Waals surface area contributed by atoms with Gasteiger partial charge in [-0.3, -0.25) is 9.20 Å². The van der Waals surface area contributed by atoms with Crippen LogP contribution in [0.3, 0.4) is 0 Å². The van der Waals surface area contributed by atoms with Crippen molar-refractivity contribution in [1.82, 2.24) is 14.7 Å². The van der Waals surface area contributed by atoms with Gasteiger partial charge in [0.05, 0.1) is 16.7 Å². The average Bonchev–Trinajstić information content (AvgIpc) is 3.06. The average molecular weight is 454 g/mol. The summed E-state index contributed by atoms with van der Waals surface area (Å²) in [5.74, 6) is -1.29. The standard InChI is InChI=1S/C21H19Cl2F2N3O2/c22-16-13(4-3-5-14(16)25)18(21(30)9-7-12(24)8-10-21)27-20(29)17-19(23)26-15-6-1-2-11-28(15)17/h1-6,11-12,18,30H,7-10H2,(H,27,29)/t12-,18?,21+. The number of nitrogens with zero attached hydrogens (tertiary/aromatic N) is 2. The molecular weight excluding hydrogens is 435 g/mol. The number of alkyl halides is 1. The van der Waals surface area contributed by atoms with Gasteiger partial charge in [0.15, 0.2) is 10.8 Å². The van der Waals surface area contributed by atoms with Crippen LogP contribution in [-0.4, -0.2) is 32.2 Å². The summed E-state index contributed by atoms with van der Waals surface area (Å²) in [6, 6.07) is 8.28. The van der Waals surface area contributed by atoms with E-state index in [1.165, 1.54) is 22.6 Å². The third kappa shape index (κ3) is 3.77. The summed E-state index contributed by atoms with van der Waals surface area (Å²) in [5, 5.41) is 13.9. The SMILES string of the molecule is O=C(NC(c1cccc(F)c1Cl)[C@]1(O)CC[C@@H](F)CC1)c1c(Cl)nc2ccccn12. The molecule has 158 valence electrons. The molecule has 2 aromatic heterocycles. The van der Waals surface area contributed by atoms with E-state index in [1.54, 1.807) is 24.4 Å². The molecule has 3 aromatic rings. The maximum absolute atomic E-state index is 14.2. The van der Waals surface area contributed by atoms with Crippen molar-refractivity contribution < 1.29 is 18.7 Å². The lowest BCUT2D eigenvalue weighted by Crippen LogP contribution is -2.49. The van der Waals surface area contributed by atoms with Gasteiger partial charge in [-0.15, -0.1) is 0 Å². The van der Waals surface area contributed by atoms with Gasteiger partial charge in [0.25, 0.3) is 5.91 Å². The number of rotatable bonds is 4. The van der Waals surface area contributed by atoms with E-state index >= 15 is 0 Å². The number of hydrogen-bond donors (Lipinski definition) is 2. The Bertz CT molecular complexity index is 1100. The molecule has 9 heteroatoms. The number of imidazole rings is 1. The van der Waals surface area contributed by atoms with Crippen molar-refractivity contribution in [2.24, 2.45) is 0 Å². The Balaban J connectivity index is 1.75. The second-order valence-corrected chi connectivity index (χ2v) is 8.24. The number of pyridine rings is 1. The molecule has 0 aliphatic heterocycles. The first-order chi connectivity index (χ1) is 14.3. The lowest BCUT2D eigenvalue weighted by molar-refractivity contribution is -0.0446. The van der Waals surface area contributed by atoms with Gasteiger partial charge in [-0.1, -0.05) is 41.4 Å². The Morgan fingerprint density at radius 3 is 2.70 bits per heavy atom. The van der Waals surface area contributed by atoms with E-state index < -0.39 is 29.5 Å². The van der Waals surface area contributed by atoms with Crippen LogP contribution in [-0.2, 0) is 0 Å². The number of amides is 1. The van der Waals surface area contributed by atoms with Gasteiger partial charge in [0.1, 0.15) is 17.6 Å². The van der Waals surface area contributed by atoms with Crippen LogP contribution in [0, 0.1) is 5.82 Å². The first-order valence-corrected chi connectivity index (χ1v) is 10.3. The number of carbonyl (C=O) groups is 1. The fourth-order valence-corrected chi connectivity index (χ4v) is 4.48. The van der Waals surface area contributed by atoms with Gasteiger partial charge in [-0.25, -0.2) is 13.8 Å². The number of nitrogens with one attached hydrogen (secondary N) is 1. The molecule has 1 aromatic carbocycles. The number of halogens is 4. The van der Waals surface area contributed by atoms with Gasteiger partial charge < -0.3 is 10.4 Å². The predicted octanol–water partition coefficient (Wildman–Crippen LogP) is 4.89. The van der Waals surface area contributed by atoms with Crippen molar-refractivity contribution in [2.75, 3.05) is 0 Å². The van der Waals surface area contributed by atoms with Crippen molar-refractivity contribution >= 4 is 34.8 Å². The number of aromatic nitrogens is 2. The maximum atomic E-state index is 14.2. The number of hydrogen-bond acceptors (Lipinski definition) is 3. The number of fused-ring (bicyclic) bond motifs is 1. The third-order valence-corrected chi connectivity index (χ3v) is 6.25. The molecule has 1 aliphatic rings. The van der Waals surface area contributed by atoms with E-state index in [0.29, 0.717) is 5.65 Å². The van der Waals surface area contributed by atoms with Crippen molar-refractivity contribution in [1.29, 1.82) is 0 Å². The summed E-state index contributed by atoms with van der Waals surface area (Å²) in [6.07, 6.45) is 1.05. The quantitative estimate of drug-likeness (QED) is 0.590. The second-order valence-electron chi connectivity index (χ2n) is 7.51. The largest absolute Gasteiger partial charge is 0.387 e. The molecule has 0 bridgehead atoms. The van der Waals surface area contributed by atoms with E-state index in [9.17, 15) is 18.7 Å². The van der Waals surface area contributed by atoms with Gasteiger partial charge in [0, 0.05) is 6.20 Å². The van der Waals surface area contributed by atoms with Crippen LogP contribution in [0.25, 0.3) is 5.65 Å². The van der Waals surface area contributed by atoms with Crippen LogP contribution in [0.5, 0.6) is 0 Å². The van der Waals surface area contributed by atoms with E-state index in [-0.39, 0.29) is 47.1 Å². The topological polar surface area (TPSA) is 66.6 Å².